The lowest BCUT2D eigenvalue weighted by molar-refractivity contribution is 0.102. The van der Waals surface area contributed by atoms with Gasteiger partial charge in [-0.3, -0.25) is 14.3 Å². The number of pyridine rings is 1. The third-order valence-corrected chi connectivity index (χ3v) is 6.09. The number of halogens is 1. The largest absolute Gasteiger partial charge is 0.345 e. The number of nitrogens with zero attached hydrogens (tertiary/aromatic N) is 5. The van der Waals surface area contributed by atoms with Gasteiger partial charge in [-0.1, -0.05) is 30.0 Å². The molecular formula is C24H22FN5OS. The minimum absolute atomic E-state index is 0.0237. The molecule has 0 radical (unpaired) electrons. The molecule has 0 atom stereocenters. The summed E-state index contributed by atoms with van der Waals surface area (Å²) >= 11 is 1.23. The summed E-state index contributed by atoms with van der Waals surface area (Å²) in [4.78, 5) is 17.1. The Bertz CT molecular complexity index is 1280. The number of aromatic nitrogens is 5. The van der Waals surface area contributed by atoms with E-state index in [0.29, 0.717) is 34.3 Å². The van der Waals surface area contributed by atoms with Crippen LogP contribution < -0.4 is 0 Å². The van der Waals surface area contributed by atoms with Crippen LogP contribution in [0.4, 0.5) is 4.39 Å². The van der Waals surface area contributed by atoms with Crippen molar-refractivity contribution in [3.63, 3.8) is 0 Å². The van der Waals surface area contributed by atoms with Crippen molar-refractivity contribution in [2.45, 2.75) is 25.5 Å². The van der Waals surface area contributed by atoms with Gasteiger partial charge in [0.2, 0.25) is 0 Å². The molecule has 6 nitrogen and oxygen atoms in total. The van der Waals surface area contributed by atoms with Crippen LogP contribution in [0.15, 0.2) is 72.7 Å². The first-order valence-corrected chi connectivity index (χ1v) is 11.0. The normalized spacial score (nSPS) is 11.0. The zero-order valence-corrected chi connectivity index (χ0v) is 18.6. The predicted molar refractivity (Wildman–Crippen MR) is 124 cm³/mol. The van der Waals surface area contributed by atoms with Gasteiger partial charge in [-0.25, -0.2) is 4.39 Å². The second-order valence-corrected chi connectivity index (χ2v) is 8.17. The van der Waals surface area contributed by atoms with Gasteiger partial charge in [-0.05, 0) is 44.2 Å². The molecule has 4 rings (SSSR count). The Labute approximate surface area is 189 Å². The molecule has 0 aliphatic heterocycles. The number of hydrogen-bond acceptors (Lipinski definition) is 5. The number of carbonyl (C=O) groups is 1. The summed E-state index contributed by atoms with van der Waals surface area (Å²) in [5.74, 6) is 0.184. The minimum atomic E-state index is -0.404. The van der Waals surface area contributed by atoms with Crippen LogP contribution in [0.2, 0.25) is 0 Å². The Morgan fingerprint density at radius 1 is 1.19 bits per heavy atom. The van der Waals surface area contributed by atoms with Crippen molar-refractivity contribution in [3.8, 4) is 17.1 Å². The molecule has 0 saturated heterocycles. The Hall–Kier alpha value is -3.52. The number of rotatable bonds is 8. The number of benzene rings is 1. The molecule has 0 N–H and O–H groups in total. The van der Waals surface area contributed by atoms with Crippen LogP contribution >= 0.6 is 11.8 Å². The highest BCUT2D eigenvalue weighted by Gasteiger charge is 2.21. The second kappa shape index (κ2) is 9.32. The Morgan fingerprint density at radius 2 is 2.00 bits per heavy atom. The SMILES string of the molecule is C=CCn1c(C)cc(C(=O)CSc2nnc(-c3cccnc3)n2-c2ccccc2F)c1C. The number of carbonyl (C=O) groups excluding carboxylic acids is 1. The van der Waals surface area contributed by atoms with Crippen LogP contribution in [0.3, 0.4) is 0 Å². The molecule has 1 aromatic carbocycles. The van der Waals surface area contributed by atoms with Crippen molar-refractivity contribution in [1.82, 2.24) is 24.3 Å². The van der Waals surface area contributed by atoms with E-state index in [2.05, 4.69) is 21.8 Å². The molecular weight excluding hydrogens is 425 g/mol. The van der Waals surface area contributed by atoms with Gasteiger partial charge < -0.3 is 4.57 Å². The summed E-state index contributed by atoms with van der Waals surface area (Å²) in [6.45, 7) is 8.32. The first-order valence-electron chi connectivity index (χ1n) is 10.1. The number of ketones is 1. The van der Waals surface area contributed by atoms with Crippen molar-refractivity contribution in [2.75, 3.05) is 5.75 Å². The van der Waals surface area contributed by atoms with Crippen LogP contribution in [0.25, 0.3) is 17.1 Å². The van der Waals surface area contributed by atoms with E-state index in [0.717, 1.165) is 11.4 Å². The number of para-hydroxylation sites is 1. The molecule has 0 unspecified atom stereocenters. The lowest BCUT2D eigenvalue weighted by atomic mass is 10.2. The zero-order valence-electron chi connectivity index (χ0n) is 17.8. The molecule has 0 amide bonds. The average Bonchev–Trinajstić information content (AvgIpc) is 3.35. The summed E-state index contributed by atoms with van der Waals surface area (Å²) in [6.07, 6.45) is 5.11. The summed E-state index contributed by atoms with van der Waals surface area (Å²) in [7, 11) is 0. The number of hydrogen-bond donors (Lipinski definition) is 0. The first kappa shape index (κ1) is 21.7. The molecule has 3 heterocycles. The molecule has 0 fully saturated rings. The molecule has 162 valence electrons. The number of thioether (sulfide) groups is 1. The Balaban J connectivity index is 1.67. The lowest BCUT2D eigenvalue weighted by Crippen LogP contribution is -2.08. The van der Waals surface area contributed by atoms with Gasteiger partial charge in [0.15, 0.2) is 16.8 Å². The maximum atomic E-state index is 14.7. The van der Waals surface area contributed by atoms with Crippen molar-refractivity contribution in [3.05, 3.63) is 90.3 Å². The van der Waals surface area contributed by atoms with Gasteiger partial charge in [0.05, 0.1) is 11.4 Å². The predicted octanol–water partition coefficient (Wildman–Crippen LogP) is 5.05. The van der Waals surface area contributed by atoms with E-state index in [1.165, 1.54) is 17.8 Å². The van der Waals surface area contributed by atoms with Crippen LogP contribution in [-0.4, -0.2) is 35.9 Å². The molecule has 0 aliphatic carbocycles. The van der Waals surface area contributed by atoms with E-state index in [9.17, 15) is 9.18 Å². The van der Waals surface area contributed by atoms with Crippen molar-refractivity contribution in [1.29, 1.82) is 0 Å². The standard InChI is InChI=1S/C24H22FN5OS/c1-4-12-29-16(2)13-19(17(29)3)22(31)15-32-24-28-27-23(18-8-7-11-26-14-18)30(24)21-10-6-5-9-20(21)25/h4-11,13-14H,1,12,15H2,2-3H3. The van der Waals surface area contributed by atoms with Gasteiger partial charge in [0.25, 0.3) is 0 Å². The lowest BCUT2D eigenvalue weighted by Gasteiger charge is -2.11. The summed E-state index contributed by atoms with van der Waals surface area (Å²) < 4.78 is 18.4. The zero-order chi connectivity index (χ0) is 22.7. The fraction of sp³-hybridized carbons (Fsp3) is 0.167. The molecule has 8 heteroatoms. The third kappa shape index (κ3) is 4.13. The fourth-order valence-electron chi connectivity index (χ4n) is 3.60. The van der Waals surface area contributed by atoms with Gasteiger partial charge >= 0.3 is 0 Å². The number of allylic oxidation sites excluding steroid dienone is 1. The summed E-state index contributed by atoms with van der Waals surface area (Å²) in [5.41, 5.74) is 3.59. The van der Waals surface area contributed by atoms with Gasteiger partial charge in [-0.2, -0.15) is 0 Å². The van der Waals surface area contributed by atoms with Gasteiger partial charge in [-0.15, -0.1) is 16.8 Å². The molecule has 0 spiro atoms. The molecule has 0 aliphatic rings. The van der Waals surface area contributed by atoms with Crippen LogP contribution in [0, 0.1) is 19.7 Å². The highest BCUT2D eigenvalue weighted by molar-refractivity contribution is 7.99. The van der Waals surface area contributed by atoms with Gasteiger partial charge in [0, 0.05) is 41.5 Å². The third-order valence-electron chi connectivity index (χ3n) is 5.16. The van der Waals surface area contributed by atoms with Crippen LogP contribution in [0.1, 0.15) is 21.7 Å². The van der Waals surface area contributed by atoms with Crippen molar-refractivity contribution in [2.24, 2.45) is 0 Å². The summed E-state index contributed by atoms with van der Waals surface area (Å²) in [6, 6.07) is 11.9. The molecule has 0 bridgehead atoms. The maximum absolute atomic E-state index is 14.7. The fourth-order valence-corrected chi connectivity index (χ4v) is 4.43. The molecule has 4 aromatic rings. The second-order valence-electron chi connectivity index (χ2n) is 7.23. The monoisotopic (exact) mass is 447 g/mol. The smallest absolute Gasteiger partial charge is 0.196 e. The Kier molecular flexibility index (Phi) is 6.32. The van der Waals surface area contributed by atoms with Gasteiger partial charge in [0.1, 0.15) is 5.82 Å². The maximum Gasteiger partial charge on any atom is 0.196 e. The van der Waals surface area contributed by atoms with E-state index in [4.69, 9.17) is 0 Å². The van der Waals surface area contributed by atoms with Crippen LogP contribution in [0.5, 0.6) is 0 Å². The van der Waals surface area contributed by atoms with Crippen molar-refractivity contribution < 1.29 is 9.18 Å². The highest BCUT2D eigenvalue weighted by Crippen LogP contribution is 2.29. The number of aryl methyl sites for hydroxylation is 1. The van der Waals surface area contributed by atoms with E-state index in [-0.39, 0.29) is 11.5 Å². The molecule has 0 saturated carbocycles. The molecule has 32 heavy (non-hydrogen) atoms. The minimum Gasteiger partial charge on any atom is -0.345 e. The quantitative estimate of drug-likeness (QED) is 0.215. The highest BCUT2D eigenvalue weighted by atomic mass is 32.2. The summed E-state index contributed by atoms with van der Waals surface area (Å²) in [5, 5.41) is 8.97. The Morgan fingerprint density at radius 3 is 2.72 bits per heavy atom. The first-order chi connectivity index (χ1) is 15.5. The van der Waals surface area contributed by atoms with E-state index >= 15 is 0 Å². The van der Waals surface area contributed by atoms with E-state index < -0.39 is 5.82 Å². The molecule has 3 aromatic heterocycles. The van der Waals surface area contributed by atoms with E-state index in [1.807, 2.05) is 30.5 Å². The average molecular weight is 448 g/mol. The van der Waals surface area contributed by atoms with Crippen LogP contribution in [-0.2, 0) is 6.54 Å². The number of Topliss-reactive ketones (excluding diaryl/α,β-unsaturated/α-hetero) is 1. The van der Waals surface area contributed by atoms with Crippen molar-refractivity contribution >= 4 is 17.5 Å². The van der Waals surface area contributed by atoms with E-state index in [1.54, 1.807) is 47.3 Å². The topological polar surface area (TPSA) is 65.6 Å².